The molecular formula is C39H42Cl2N2Zr-2. The number of halogens is 2. The maximum atomic E-state index is 2.99. The van der Waals surface area contributed by atoms with Crippen molar-refractivity contribution in [2.45, 2.75) is 34.1 Å². The summed E-state index contributed by atoms with van der Waals surface area (Å²) in [7, 11) is 0. The van der Waals surface area contributed by atoms with E-state index >= 15 is 0 Å². The molecule has 0 spiro atoms. The van der Waals surface area contributed by atoms with Crippen LogP contribution in [0.3, 0.4) is 0 Å². The minimum absolute atomic E-state index is 0. The Kier molecular flexibility index (Phi) is 16.6. The van der Waals surface area contributed by atoms with Gasteiger partial charge in [-0.15, -0.1) is 34.7 Å². The van der Waals surface area contributed by atoms with Crippen molar-refractivity contribution >= 4 is 36.1 Å². The Hall–Kier alpha value is -2.84. The molecule has 0 aromatic heterocycles. The Labute approximate surface area is 292 Å². The molecule has 0 aliphatic heterocycles. The summed E-state index contributed by atoms with van der Waals surface area (Å²) < 4.78 is 1.42. The van der Waals surface area contributed by atoms with Crippen LogP contribution in [-0.2, 0) is 24.2 Å². The molecule has 2 nitrogen and oxygen atoms in total. The van der Waals surface area contributed by atoms with E-state index in [2.05, 4.69) is 153 Å². The van der Waals surface area contributed by atoms with Crippen molar-refractivity contribution < 1.29 is 49.0 Å². The van der Waals surface area contributed by atoms with E-state index in [1.54, 1.807) is 0 Å². The van der Waals surface area contributed by atoms with Crippen LogP contribution in [0.15, 0.2) is 121 Å². The van der Waals surface area contributed by atoms with E-state index in [9.17, 15) is 0 Å². The second-order valence-corrected chi connectivity index (χ2v) is 11.3. The topological polar surface area (TPSA) is 6.48 Å². The molecule has 44 heavy (non-hydrogen) atoms. The summed E-state index contributed by atoms with van der Waals surface area (Å²) in [6.07, 6.45) is 10.0. The van der Waals surface area contributed by atoms with Gasteiger partial charge in [0.15, 0.2) is 0 Å². The molecule has 0 heterocycles. The zero-order valence-electron chi connectivity index (χ0n) is 26.2. The van der Waals surface area contributed by atoms with Crippen LogP contribution in [0.2, 0.25) is 0 Å². The monoisotopic (exact) mass is 698 g/mol. The van der Waals surface area contributed by atoms with Crippen LogP contribution in [0, 0.1) is 6.08 Å². The Morgan fingerprint density at radius 1 is 0.705 bits per heavy atom. The van der Waals surface area contributed by atoms with Gasteiger partial charge in [-0.05, 0) is 27.7 Å². The van der Waals surface area contributed by atoms with E-state index < -0.39 is 0 Å². The van der Waals surface area contributed by atoms with Gasteiger partial charge in [0.2, 0.25) is 0 Å². The summed E-state index contributed by atoms with van der Waals surface area (Å²) in [6.45, 7) is 13.1. The van der Waals surface area contributed by atoms with Crippen molar-refractivity contribution in [3.05, 3.63) is 139 Å². The van der Waals surface area contributed by atoms with Crippen molar-refractivity contribution in [1.29, 1.82) is 0 Å². The van der Waals surface area contributed by atoms with Crippen LogP contribution in [0.4, 0.5) is 11.4 Å². The van der Waals surface area contributed by atoms with Gasteiger partial charge >= 0.3 is 99.2 Å². The van der Waals surface area contributed by atoms with Gasteiger partial charge in [0.05, 0.1) is 0 Å². The predicted molar refractivity (Wildman–Crippen MR) is 182 cm³/mol. The second kappa shape index (κ2) is 19.5. The van der Waals surface area contributed by atoms with E-state index in [4.69, 9.17) is 0 Å². The van der Waals surface area contributed by atoms with Crippen LogP contribution in [0.25, 0.3) is 21.5 Å². The van der Waals surface area contributed by atoms with Crippen molar-refractivity contribution in [2.75, 3.05) is 36.0 Å². The Morgan fingerprint density at radius 3 is 1.77 bits per heavy atom. The third kappa shape index (κ3) is 9.58. The molecule has 228 valence electrons. The Balaban J connectivity index is 0.000000273. The number of nitrogens with zero attached hydrogens (tertiary/aromatic N) is 2. The second-order valence-electron chi connectivity index (χ2n) is 10.1. The van der Waals surface area contributed by atoms with Gasteiger partial charge in [0.1, 0.15) is 0 Å². The fourth-order valence-corrected chi connectivity index (χ4v) is 6.19. The number of allylic oxidation sites excluding steroid dienone is 4. The quantitative estimate of drug-likeness (QED) is 0.229. The Morgan fingerprint density at radius 2 is 1.30 bits per heavy atom. The van der Waals surface area contributed by atoms with Crippen LogP contribution in [0.5, 0.6) is 0 Å². The molecule has 0 bridgehead atoms. The van der Waals surface area contributed by atoms with Crippen LogP contribution < -0.4 is 34.6 Å². The standard InChI is InChI=1S/C21H27N2.C13H10.C5H5.2ClH.Zr/c1-5-22(6-2)18-12-13-19-17(15-18)14-16-10-9-11-20(21(16)19)23(7-3)8-4;1-3-7-12(8-4-1)11-13-9-5-2-6-10-13;1-2-4-5-3-1;;;/h9-15H,5-8H2,1-4H3;1-10H;1-3H,4H2;2*1H;/q-1;;-1;;;+2/p-2. The first kappa shape index (κ1) is 37.4. The number of rotatable bonds is 8. The molecule has 0 atom stereocenters. The molecule has 1 aliphatic carbocycles. The molecule has 5 heteroatoms. The van der Waals surface area contributed by atoms with Gasteiger partial charge in [-0.1, -0.05) is 35.7 Å². The van der Waals surface area contributed by atoms with Gasteiger partial charge in [-0.2, -0.15) is 6.08 Å². The molecule has 5 aromatic carbocycles. The van der Waals surface area contributed by atoms with E-state index in [0.29, 0.717) is 0 Å². The van der Waals surface area contributed by atoms with Crippen molar-refractivity contribution in [1.82, 2.24) is 0 Å². The third-order valence-corrected chi connectivity index (χ3v) is 9.05. The molecule has 0 unspecified atom stereocenters. The number of anilines is 2. The average molecular weight is 701 g/mol. The molecule has 0 saturated carbocycles. The van der Waals surface area contributed by atoms with E-state index in [1.165, 1.54) is 71.5 Å². The molecule has 0 saturated heterocycles. The molecule has 6 rings (SSSR count). The van der Waals surface area contributed by atoms with Gasteiger partial charge in [-0.3, -0.25) is 6.08 Å². The van der Waals surface area contributed by atoms with Gasteiger partial charge < -0.3 is 34.6 Å². The normalized spacial score (nSPS) is 11.0. The summed E-state index contributed by atoms with van der Waals surface area (Å²) in [5.41, 5.74) is 5.34. The number of fused-ring (bicyclic) bond motifs is 3. The van der Waals surface area contributed by atoms with Crippen LogP contribution in [-0.4, -0.2) is 29.4 Å². The third-order valence-electron chi connectivity index (χ3n) is 7.63. The summed E-state index contributed by atoms with van der Waals surface area (Å²) in [4.78, 5) is 4.85. The zero-order chi connectivity index (χ0) is 29.7. The molecule has 0 amide bonds. The van der Waals surface area contributed by atoms with Crippen molar-refractivity contribution in [3.63, 3.8) is 0 Å². The SMILES string of the molecule is CCN(CC)c1ccc2c(c1)[cH-]c1cccc(N(CC)CC)c12.[C-]1=CC=CC1.[Cl-].[Cl-].[Zr+2]=[C](c1ccccc1)c1ccccc1. The number of hydrogen-bond acceptors (Lipinski definition) is 2. The van der Waals surface area contributed by atoms with Crippen molar-refractivity contribution in [2.24, 2.45) is 0 Å². The van der Waals surface area contributed by atoms with E-state index in [1.807, 2.05) is 12.2 Å². The van der Waals surface area contributed by atoms with Crippen LogP contribution >= 0.6 is 0 Å². The molecule has 0 fully saturated rings. The predicted octanol–water partition coefficient (Wildman–Crippen LogP) is 3.52. The van der Waals surface area contributed by atoms with Crippen LogP contribution in [0.1, 0.15) is 45.2 Å². The zero-order valence-corrected chi connectivity index (χ0v) is 30.2. The van der Waals surface area contributed by atoms with Gasteiger partial charge in [-0.25, -0.2) is 12.2 Å². The number of benzene rings is 4. The molecule has 0 N–H and O–H groups in total. The fourth-order valence-electron chi connectivity index (χ4n) is 5.37. The first-order valence-corrected chi connectivity index (χ1v) is 16.4. The molecular weight excluding hydrogens is 659 g/mol. The molecule has 5 aromatic rings. The first-order valence-electron chi connectivity index (χ1n) is 15.1. The maximum absolute atomic E-state index is 2.99. The minimum atomic E-state index is 0. The summed E-state index contributed by atoms with van der Waals surface area (Å²) in [5, 5.41) is 5.47. The number of hydrogen-bond donors (Lipinski definition) is 0. The summed E-state index contributed by atoms with van der Waals surface area (Å²) in [5.74, 6) is 0. The average Bonchev–Trinajstić information content (AvgIpc) is 3.75. The van der Waals surface area contributed by atoms with Crippen molar-refractivity contribution in [3.8, 4) is 0 Å². The molecule has 1 aliphatic rings. The first-order chi connectivity index (χ1) is 20.6. The summed E-state index contributed by atoms with van der Waals surface area (Å²) >= 11 is 1.46. The van der Waals surface area contributed by atoms with E-state index in [-0.39, 0.29) is 24.8 Å². The Bertz CT molecular complexity index is 1560. The van der Waals surface area contributed by atoms with Gasteiger partial charge in [0, 0.05) is 37.6 Å². The van der Waals surface area contributed by atoms with Gasteiger partial charge in [0.25, 0.3) is 0 Å². The molecule has 0 radical (unpaired) electrons. The van der Waals surface area contributed by atoms with E-state index in [0.717, 1.165) is 32.6 Å². The summed E-state index contributed by atoms with van der Waals surface area (Å²) in [6, 6.07) is 37.0. The fraction of sp³-hybridized carbons (Fsp3) is 0.231.